The average molecular weight is 208 g/mol. The maximum Gasteiger partial charge on any atom is 0.00982 e. The van der Waals surface area contributed by atoms with Crippen molar-refractivity contribution in [1.82, 2.24) is 10.2 Å². The number of rotatable bonds is 2. The number of nitrogens with zero attached hydrogens (tertiary/aromatic N) is 1. The molecule has 0 spiro atoms. The first-order valence-corrected chi connectivity index (χ1v) is 6.81. The van der Waals surface area contributed by atoms with Crippen LogP contribution in [0.15, 0.2) is 0 Å². The number of fused-ring (bicyclic) bond motifs is 1. The molecule has 0 radical (unpaired) electrons. The summed E-state index contributed by atoms with van der Waals surface area (Å²) in [5.74, 6) is 2.99. The van der Waals surface area contributed by atoms with Crippen LogP contribution in [0, 0.1) is 17.8 Å². The summed E-state index contributed by atoms with van der Waals surface area (Å²) >= 11 is 0. The van der Waals surface area contributed by atoms with Gasteiger partial charge in [-0.15, -0.1) is 0 Å². The Bertz CT molecular complexity index is 217. The quantitative estimate of drug-likeness (QED) is 0.743. The summed E-state index contributed by atoms with van der Waals surface area (Å²) in [7, 11) is 0. The molecule has 2 heterocycles. The van der Waals surface area contributed by atoms with Gasteiger partial charge in [-0.05, 0) is 50.1 Å². The summed E-state index contributed by atoms with van der Waals surface area (Å²) in [4.78, 5) is 2.81. The first-order valence-electron chi connectivity index (χ1n) is 6.81. The SMILES string of the molecule is CCC1CCC(N2C[C@H]3CNC[C@H]3C2)C1. The molecule has 3 aliphatic rings. The normalized spacial score (nSPS) is 46.2. The minimum absolute atomic E-state index is 0.945. The molecule has 2 heteroatoms. The van der Waals surface area contributed by atoms with Gasteiger partial charge in [0.1, 0.15) is 0 Å². The number of likely N-dealkylation sites (tertiary alicyclic amines) is 1. The van der Waals surface area contributed by atoms with E-state index in [0.29, 0.717) is 0 Å². The van der Waals surface area contributed by atoms with Gasteiger partial charge < -0.3 is 5.32 Å². The summed E-state index contributed by atoms with van der Waals surface area (Å²) in [5, 5.41) is 3.53. The molecule has 2 saturated heterocycles. The fourth-order valence-corrected chi connectivity index (χ4v) is 3.94. The Morgan fingerprint density at radius 1 is 1.13 bits per heavy atom. The fraction of sp³-hybridized carbons (Fsp3) is 1.00. The van der Waals surface area contributed by atoms with E-state index in [4.69, 9.17) is 0 Å². The van der Waals surface area contributed by atoms with Crippen molar-refractivity contribution in [1.29, 1.82) is 0 Å². The van der Waals surface area contributed by atoms with Gasteiger partial charge in [0, 0.05) is 19.1 Å². The molecule has 1 aliphatic carbocycles. The van der Waals surface area contributed by atoms with Crippen molar-refractivity contribution < 1.29 is 0 Å². The van der Waals surface area contributed by atoms with Crippen molar-refractivity contribution in [2.75, 3.05) is 26.2 Å². The van der Waals surface area contributed by atoms with E-state index in [1.807, 2.05) is 0 Å². The minimum Gasteiger partial charge on any atom is -0.316 e. The van der Waals surface area contributed by atoms with Crippen LogP contribution >= 0.6 is 0 Å². The smallest absolute Gasteiger partial charge is 0.00982 e. The highest BCUT2D eigenvalue weighted by atomic mass is 15.2. The Hall–Kier alpha value is -0.0800. The molecule has 2 aliphatic heterocycles. The summed E-state index contributed by atoms with van der Waals surface area (Å²) in [6.45, 7) is 7.70. The standard InChI is InChI=1S/C13H24N2/c1-2-10-3-4-13(5-10)15-8-11-6-14-7-12(11)9-15/h10-14H,2-9H2,1H3/t10?,11-,12+,13?. The van der Waals surface area contributed by atoms with Gasteiger partial charge in [0.25, 0.3) is 0 Å². The monoisotopic (exact) mass is 208 g/mol. The van der Waals surface area contributed by atoms with Gasteiger partial charge in [0.15, 0.2) is 0 Å². The zero-order valence-electron chi connectivity index (χ0n) is 9.91. The van der Waals surface area contributed by atoms with Crippen LogP contribution in [0.1, 0.15) is 32.6 Å². The Morgan fingerprint density at radius 2 is 1.87 bits per heavy atom. The predicted molar refractivity (Wildman–Crippen MR) is 62.8 cm³/mol. The summed E-state index contributed by atoms with van der Waals surface area (Å²) < 4.78 is 0. The lowest BCUT2D eigenvalue weighted by molar-refractivity contribution is 0.224. The number of hydrogen-bond donors (Lipinski definition) is 1. The highest BCUT2D eigenvalue weighted by molar-refractivity contribution is 4.95. The number of hydrogen-bond acceptors (Lipinski definition) is 2. The number of nitrogens with one attached hydrogen (secondary N) is 1. The van der Waals surface area contributed by atoms with Crippen molar-refractivity contribution in [2.24, 2.45) is 17.8 Å². The van der Waals surface area contributed by atoms with Gasteiger partial charge in [0.05, 0.1) is 0 Å². The van der Waals surface area contributed by atoms with Gasteiger partial charge in [-0.1, -0.05) is 13.3 Å². The molecule has 0 bridgehead atoms. The van der Waals surface area contributed by atoms with E-state index in [2.05, 4.69) is 17.1 Å². The van der Waals surface area contributed by atoms with Crippen LogP contribution in [0.3, 0.4) is 0 Å². The van der Waals surface area contributed by atoms with Gasteiger partial charge in [-0.25, -0.2) is 0 Å². The lowest BCUT2D eigenvalue weighted by atomic mass is 10.0. The van der Waals surface area contributed by atoms with Crippen molar-refractivity contribution >= 4 is 0 Å². The molecule has 4 atom stereocenters. The molecule has 2 nitrogen and oxygen atoms in total. The first-order chi connectivity index (χ1) is 7.36. The third-order valence-corrected chi connectivity index (χ3v) is 5.03. The highest BCUT2D eigenvalue weighted by Gasteiger charge is 2.40. The Kier molecular flexibility index (Phi) is 2.73. The van der Waals surface area contributed by atoms with E-state index in [-0.39, 0.29) is 0 Å². The zero-order valence-corrected chi connectivity index (χ0v) is 9.91. The summed E-state index contributed by atoms with van der Waals surface area (Å²) in [6.07, 6.45) is 5.86. The maximum atomic E-state index is 3.53. The largest absolute Gasteiger partial charge is 0.316 e. The molecule has 0 aromatic rings. The molecule has 15 heavy (non-hydrogen) atoms. The van der Waals surface area contributed by atoms with Crippen LogP contribution in [0.25, 0.3) is 0 Å². The van der Waals surface area contributed by atoms with Gasteiger partial charge in [-0.2, -0.15) is 0 Å². The summed E-state index contributed by atoms with van der Waals surface area (Å²) in [5.41, 5.74) is 0. The summed E-state index contributed by atoms with van der Waals surface area (Å²) in [6, 6.07) is 0.945. The molecule has 3 fully saturated rings. The van der Waals surface area contributed by atoms with Crippen molar-refractivity contribution in [3.8, 4) is 0 Å². The fourth-order valence-electron chi connectivity index (χ4n) is 3.94. The van der Waals surface area contributed by atoms with Crippen molar-refractivity contribution in [3.05, 3.63) is 0 Å². The third kappa shape index (κ3) is 1.83. The second-order valence-corrected chi connectivity index (χ2v) is 5.87. The maximum absolute atomic E-state index is 3.53. The first kappa shape index (κ1) is 10.1. The second kappa shape index (κ2) is 4.06. The van der Waals surface area contributed by atoms with Gasteiger partial charge in [-0.3, -0.25) is 4.90 Å². The van der Waals surface area contributed by atoms with E-state index >= 15 is 0 Å². The average Bonchev–Trinajstić information content (AvgIpc) is 2.91. The zero-order chi connectivity index (χ0) is 10.3. The van der Waals surface area contributed by atoms with Crippen LogP contribution in [0.5, 0.6) is 0 Å². The van der Waals surface area contributed by atoms with Gasteiger partial charge in [0.2, 0.25) is 0 Å². The minimum atomic E-state index is 0.945. The molecule has 0 aromatic heterocycles. The van der Waals surface area contributed by atoms with E-state index in [1.165, 1.54) is 51.9 Å². The van der Waals surface area contributed by atoms with Crippen LogP contribution in [0.4, 0.5) is 0 Å². The predicted octanol–water partition coefficient (Wildman–Crippen LogP) is 1.72. The van der Waals surface area contributed by atoms with Crippen LogP contribution in [-0.2, 0) is 0 Å². The molecule has 86 valence electrons. The molecule has 0 amide bonds. The van der Waals surface area contributed by atoms with E-state index in [0.717, 1.165) is 23.8 Å². The van der Waals surface area contributed by atoms with E-state index in [9.17, 15) is 0 Å². The highest BCUT2D eigenvalue weighted by Crippen LogP contribution is 2.36. The molecular formula is C13H24N2. The van der Waals surface area contributed by atoms with E-state index < -0.39 is 0 Å². The molecule has 2 unspecified atom stereocenters. The van der Waals surface area contributed by atoms with Gasteiger partial charge >= 0.3 is 0 Å². The Morgan fingerprint density at radius 3 is 2.47 bits per heavy atom. The molecule has 1 N–H and O–H groups in total. The topological polar surface area (TPSA) is 15.3 Å². The van der Waals surface area contributed by atoms with Crippen LogP contribution < -0.4 is 5.32 Å². The Labute approximate surface area is 93.4 Å². The molecule has 0 aromatic carbocycles. The second-order valence-electron chi connectivity index (χ2n) is 5.87. The molecule has 1 saturated carbocycles. The van der Waals surface area contributed by atoms with Crippen molar-refractivity contribution in [3.63, 3.8) is 0 Å². The lowest BCUT2D eigenvalue weighted by Gasteiger charge is -2.24. The lowest BCUT2D eigenvalue weighted by Crippen LogP contribution is -2.34. The van der Waals surface area contributed by atoms with Crippen LogP contribution in [0.2, 0.25) is 0 Å². The van der Waals surface area contributed by atoms with Crippen molar-refractivity contribution in [2.45, 2.75) is 38.6 Å². The van der Waals surface area contributed by atoms with Crippen LogP contribution in [-0.4, -0.2) is 37.1 Å². The third-order valence-electron chi connectivity index (χ3n) is 5.03. The molecule has 3 rings (SSSR count). The Balaban J connectivity index is 1.56. The molecular weight excluding hydrogens is 184 g/mol. The van der Waals surface area contributed by atoms with E-state index in [1.54, 1.807) is 0 Å².